The van der Waals surface area contributed by atoms with Crippen LogP contribution in [0.4, 0.5) is 4.39 Å². The minimum atomic E-state index is -3.74. The molecule has 0 heterocycles. The Balaban J connectivity index is 2.15. The van der Waals surface area contributed by atoms with Crippen LogP contribution in [0.3, 0.4) is 0 Å². The Morgan fingerprint density at radius 3 is 2.32 bits per heavy atom. The van der Waals surface area contributed by atoms with Crippen LogP contribution in [0.5, 0.6) is 0 Å². The van der Waals surface area contributed by atoms with Crippen molar-refractivity contribution in [2.75, 3.05) is 5.75 Å². The van der Waals surface area contributed by atoms with Crippen molar-refractivity contribution in [3.63, 3.8) is 0 Å². The van der Waals surface area contributed by atoms with Gasteiger partial charge in [-0.1, -0.05) is 48.0 Å². The Bertz CT molecular complexity index is 750. The van der Waals surface area contributed by atoms with Gasteiger partial charge >= 0.3 is 0 Å². The molecule has 1 unspecified atom stereocenters. The number of aryl methyl sites for hydroxylation is 1. The molecule has 0 aliphatic rings. The summed E-state index contributed by atoms with van der Waals surface area (Å²) in [7, 11) is -3.74. The molecule has 3 nitrogen and oxygen atoms in total. The Morgan fingerprint density at radius 1 is 1.14 bits per heavy atom. The molecule has 2 aromatic rings. The van der Waals surface area contributed by atoms with Gasteiger partial charge in [-0.15, -0.1) is 0 Å². The van der Waals surface area contributed by atoms with Crippen molar-refractivity contribution < 1.29 is 17.9 Å². The van der Waals surface area contributed by atoms with E-state index < -0.39 is 27.5 Å². The van der Waals surface area contributed by atoms with E-state index in [1.807, 2.05) is 6.92 Å². The van der Waals surface area contributed by atoms with Gasteiger partial charge in [-0.3, -0.25) is 0 Å². The highest BCUT2D eigenvalue weighted by Crippen LogP contribution is 2.18. The molecule has 0 saturated carbocycles. The molecule has 0 aliphatic carbocycles. The molecular formula is C17H17FO3S. The van der Waals surface area contributed by atoms with E-state index >= 15 is 0 Å². The zero-order chi connectivity index (χ0) is 16.2. The molecule has 22 heavy (non-hydrogen) atoms. The Kier molecular flexibility index (Phi) is 5.11. The molecule has 0 aromatic heterocycles. The SMILES string of the molecule is Cc1ccc(S(=O)(=O)CC(O)/C(F)=C/c2ccccc2)cc1. The fourth-order valence-electron chi connectivity index (χ4n) is 1.93. The summed E-state index contributed by atoms with van der Waals surface area (Å²) in [5.41, 5.74) is 1.49. The van der Waals surface area contributed by atoms with Crippen molar-refractivity contribution in [3.8, 4) is 0 Å². The normalized spacial score (nSPS) is 13.9. The molecule has 2 rings (SSSR count). The molecule has 0 fully saturated rings. The summed E-state index contributed by atoms with van der Waals surface area (Å²) in [6, 6.07) is 14.8. The molecule has 5 heteroatoms. The van der Waals surface area contributed by atoms with Crippen LogP contribution in [0.1, 0.15) is 11.1 Å². The fourth-order valence-corrected chi connectivity index (χ4v) is 3.25. The minimum Gasteiger partial charge on any atom is -0.385 e. The van der Waals surface area contributed by atoms with Gasteiger partial charge in [0.1, 0.15) is 11.9 Å². The maximum Gasteiger partial charge on any atom is 0.181 e. The fraction of sp³-hybridized carbons (Fsp3) is 0.176. The smallest absolute Gasteiger partial charge is 0.181 e. The lowest BCUT2D eigenvalue weighted by Gasteiger charge is -2.10. The first-order chi connectivity index (χ1) is 10.4. The number of aliphatic hydroxyl groups excluding tert-OH is 1. The maximum atomic E-state index is 13.9. The van der Waals surface area contributed by atoms with Crippen molar-refractivity contribution >= 4 is 15.9 Å². The van der Waals surface area contributed by atoms with E-state index in [4.69, 9.17) is 0 Å². The number of benzene rings is 2. The van der Waals surface area contributed by atoms with E-state index in [2.05, 4.69) is 0 Å². The standard InChI is InChI=1S/C17H17FO3S/c1-13-7-9-15(10-8-13)22(20,21)12-17(19)16(18)11-14-5-3-2-4-6-14/h2-11,17,19H,12H2,1H3/b16-11-. The molecule has 0 bridgehead atoms. The van der Waals surface area contributed by atoms with Gasteiger partial charge in [-0.2, -0.15) is 0 Å². The number of hydrogen-bond donors (Lipinski definition) is 1. The van der Waals surface area contributed by atoms with E-state index in [1.165, 1.54) is 12.1 Å². The van der Waals surface area contributed by atoms with E-state index in [9.17, 15) is 17.9 Å². The van der Waals surface area contributed by atoms with E-state index in [1.54, 1.807) is 42.5 Å². The third-order valence-electron chi connectivity index (χ3n) is 3.18. The first kappa shape index (κ1) is 16.4. The monoisotopic (exact) mass is 320 g/mol. The first-order valence-corrected chi connectivity index (χ1v) is 8.43. The van der Waals surface area contributed by atoms with Gasteiger partial charge < -0.3 is 5.11 Å². The van der Waals surface area contributed by atoms with E-state index in [0.717, 1.165) is 11.6 Å². The van der Waals surface area contributed by atoms with Gasteiger partial charge in [0.25, 0.3) is 0 Å². The number of sulfone groups is 1. The lowest BCUT2D eigenvalue weighted by molar-refractivity contribution is 0.206. The maximum absolute atomic E-state index is 13.9. The lowest BCUT2D eigenvalue weighted by Crippen LogP contribution is -2.21. The van der Waals surface area contributed by atoms with Gasteiger partial charge in [0.15, 0.2) is 9.84 Å². The number of halogens is 1. The average molecular weight is 320 g/mol. The Morgan fingerprint density at radius 2 is 1.73 bits per heavy atom. The molecule has 2 aromatic carbocycles. The third-order valence-corrected chi connectivity index (χ3v) is 4.92. The van der Waals surface area contributed by atoms with Crippen molar-refractivity contribution in [2.45, 2.75) is 17.9 Å². The number of hydrogen-bond acceptors (Lipinski definition) is 3. The molecular weight excluding hydrogens is 303 g/mol. The van der Waals surface area contributed by atoms with Crippen LogP contribution in [0.25, 0.3) is 6.08 Å². The topological polar surface area (TPSA) is 54.4 Å². The second-order valence-electron chi connectivity index (χ2n) is 5.05. The van der Waals surface area contributed by atoms with Crippen molar-refractivity contribution in [1.29, 1.82) is 0 Å². The highest BCUT2D eigenvalue weighted by Gasteiger charge is 2.22. The van der Waals surface area contributed by atoms with Gasteiger partial charge in [-0.05, 0) is 30.7 Å². The largest absolute Gasteiger partial charge is 0.385 e. The number of rotatable bonds is 5. The molecule has 0 aliphatic heterocycles. The summed E-state index contributed by atoms with van der Waals surface area (Å²) in [4.78, 5) is 0.0738. The molecule has 1 atom stereocenters. The second kappa shape index (κ2) is 6.85. The zero-order valence-corrected chi connectivity index (χ0v) is 12.9. The molecule has 0 spiro atoms. The molecule has 0 amide bonds. The van der Waals surface area contributed by atoms with Gasteiger partial charge in [0.2, 0.25) is 0 Å². The Hall–Kier alpha value is -1.98. The summed E-state index contributed by atoms with van der Waals surface area (Å²) < 4.78 is 38.3. The van der Waals surface area contributed by atoms with Gasteiger partial charge in [0.05, 0.1) is 10.6 Å². The first-order valence-electron chi connectivity index (χ1n) is 6.78. The van der Waals surface area contributed by atoms with Crippen LogP contribution in [0.2, 0.25) is 0 Å². The second-order valence-corrected chi connectivity index (χ2v) is 7.08. The van der Waals surface area contributed by atoms with Crippen LogP contribution < -0.4 is 0 Å². The van der Waals surface area contributed by atoms with E-state index in [0.29, 0.717) is 5.56 Å². The quantitative estimate of drug-likeness (QED) is 0.921. The van der Waals surface area contributed by atoms with Crippen molar-refractivity contribution in [3.05, 3.63) is 71.6 Å². The molecule has 116 valence electrons. The highest BCUT2D eigenvalue weighted by atomic mass is 32.2. The zero-order valence-electron chi connectivity index (χ0n) is 12.1. The van der Waals surface area contributed by atoms with Crippen LogP contribution in [-0.2, 0) is 9.84 Å². The summed E-state index contributed by atoms with van der Waals surface area (Å²) in [5, 5.41) is 9.81. The van der Waals surface area contributed by atoms with E-state index in [-0.39, 0.29) is 4.90 Å². The highest BCUT2D eigenvalue weighted by molar-refractivity contribution is 7.91. The summed E-state index contributed by atoms with van der Waals surface area (Å²) in [6.07, 6.45) is -0.554. The number of aliphatic hydroxyl groups is 1. The van der Waals surface area contributed by atoms with Crippen LogP contribution in [0, 0.1) is 6.92 Å². The summed E-state index contributed by atoms with van der Waals surface area (Å²) in [6.45, 7) is 1.84. The predicted octanol–water partition coefficient (Wildman–Crippen LogP) is 3.14. The molecule has 1 N–H and O–H groups in total. The lowest BCUT2D eigenvalue weighted by atomic mass is 10.2. The van der Waals surface area contributed by atoms with Crippen molar-refractivity contribution in [2.24, 2.45) is 0 Å². The molecule has 0 radical (unpaired) electrons. The summed E-state index contributed by atoms with van der Waals surface area (Å²) in [5.74, 6) is -1.56. The van der Waals surface area contributed by atoms with Gasteiger partial charge in [-0.25, -0.2) is 12.8 Å². The summed E-state index contributed by atoms with van der Waals surface area (Å²) >= 11 is 0. The molecule has 0 saturated heterocycles. The van der Waals surface area contributed by atoms with Crippen LogP contribution >= 0.6 is 0 Å². The van der Waals surface area contributed by atoms with Crippen molar-refractivity contribution in [1.82, 2.24) is 0 Å². The van der Waals surface area contributed by atoms with Crippen LogP contribution in [-0.4, -0.2) is 25.4 Å². The average Bonchev–Trinajstić information content (AvgIpc) is 2.48. The third kappa shape index (κ3) is 4.26. The van der Waals surface area contributed by atoms with Gasteiger partial charge in [0, 0.05) is 0 Å². The van der Waals surface area contributed by atoms with Crippen LogP contribution in [0.15, 0.2) is 65.3 Å². The predicted molar refractivity (Wildman–Crippen MR) is 84.8 cm³/mol. The minimum absolute atomic E-state index is 0.0738. The Labute approximate surface area is 129 Å².